The van der Waals surface area contributed by atoms with Gasteiger partial charge in [-0.3, -0.25) is 0 Å². The van der Waals surface area contributed by atoms with Crippen LogP contribution >= 0.6 is 27.7 Å². The van der Waals surface area contributed by atoms with Crippen LogP contribution in [0.5, 0.6) is 0 Å². The second-order valence-electron chi connectivity index (χ2n) is 5.48. The van der Waals surface area contributed by atoms with Crippen molar-refractivity contribution in [3.8, 4) is 0 Å². The van der Waals surface area contributed by atoms with E-state index in [0.29, 0.717) is 4.83 Å². The molecule has 0 aromatic heterocycles. The monoisotopic (exact) mass is 356 g/mol. The van der Waals surface area contributed by atoms with Gasteiger partial charge in [-0.15, -0.1) is 11.8 Å². The lowest BCUT2D eigenvalue weighted by Crippen LogP contribution is -2.01. The van der Waals surface area contributed by atoms with Gasteiger partial charge in [0, 0.05) is 15.5 Å². The number of unbranched alkanes of at least 4 members (excludes halogenated alkanes) is 7. The fraction of sp³-hybridized carbons (Fsp3) is 0.667. The smallest absolute Gasteiger partial charge is 0.0239 e. The normalized spacial score (nSPS) is 12.5. The van der Waals surface area contributed by atoms with E-state index < -0.39 is 0 Å². The van der Waals surface area contributed by atoms with E-state index in [1.165, 1.54) is 68.4 Å². The summed E-state index contributed by atoms with van der Waals surface area (Å²) in [6.07, 6.45) is 12.6. The number of alkyl halides is 1. The SMILES string of the molecule is CCCCCCCCCCC(Br)CSc1ccccc1. The third-order valence-corrected chi connectivity index (χ3v) is 5.93. The van der Waals surface area contributed by atoms with Crippen LogP contribution in [0.1, 0.15) is 64.7 Å². The predicted molar refractivity (Wildman–Crippen MR) is 97.1 cm³/mol. The van der Waals surface area contributed by atoms with Crippen LogP contribution in [-0.4, -0.2) is 10.6 Å². The molecule has 0 bridgehead atoms. The van der Waals surface area contributed by atoms with Crippen LogP contribution in [0.3, 0.4) is 0 Å². The average Bonchev–Trinajstić information content (AvgIpc) is 2.49. The van der Waals surface area contributed by atoms with E-state index in [1.807, 2.05) is 11.8 Å². The van der Waals surface area contributed by atoms with Crippen molar-refractivity contribution in [2.75, 3.05) is 5.75 Å². The van der Waals surface area contributed by atoms with Gasteiger partial charge in [0.25, 0.3) is 0 Å². The van der Waals surface area contributed by atoms with Crippen LogP contribution in [0.2, 0.25) is 0 Å². The fourth-order valence-corrected chi connectivity index (χ4v) is 3.90. The van der Waals surface area contributed by atoms with E-state index in [4.69, 9.17) is 0 Å². The maximum absolute atomic E-state index is 3.82. The van der Waals surface area contributed by atoms with Gasteiger partial charge in [0.15, 0.2) is 0 Å². The first kappa shape index (κ1) is 18.1. The van der Waals surface area contributed by atoms with Crippen molar-refractivity contribution in [2.45, 2.75) is 74.4 Å². The largest absolute Gasteiger partial charge is 0.125 e. The molecule has 114 valence electrons. The standard InChI is InChI=1S/C18H29BrS/c1-2-3-4-5-6-7-8-10-13-17(19)16-20-18-14-11-9-12-15-18/h9,11-12,14-15,17H,2-8,10,13,16H2,1H3. The van der Waals surface area contributed by atoms with E-state index in [0.717, 1.165) is 0 Å². The number of thioether (sulfide) groups is 1. The Morgan fingerprint density at radius 1 is 0.900 bits per heavy atom. The van der Waals surface area contributed by atoms with Crippen molar-refractivity contribution < 1.29 is 0 Å². The Morgan fingerprint density at radius 3 is 2.15 bits per heavy atom. The van der Waals surface area contributed by atoms with Crippen LogP contribution in [0.4, 0.5) is 0 Å². The molecule has 0 saturated carbocycles. The molecule has 1 unspecified atom stereocenters. The minimum Gasteiger partial charge on any atom is -0.125 e. The van der Waals surface area contributed by atoms with Crippen LogP contribution in [0.15, 0.2) is 35.2 Å². The van der Waals surface area contributed by atoms with Gasteiger partial charge >= 0.3 is 0 Å². The zero-order valence-electron chi connectivity index (χ0n) is 12.8. The van der Waals surface area contributed by atoms with E-state index in [9.17, 15) is 0 Å². The molecular formula is C18H29BrS. The molecule has 1 rings (SSSR count). The van der Waals surface area contributed by atoms with Gasteiger partial charge < -0.3 is 0 Å². The van der Waals surface area contributed by atoms with Gasteiger partial charge in [0.2, 0.25) is 0 Å². The second-order valence-corrected chi connectivity index (χ2v) is 7.87. The lowest BCUT2D eigenvalue weighted by Gasteiger charge is -2.09. The van der Waals surface area contributed by atoms with E-state index >= 15 is 0 Å². The first-order valence-corrected chi connectivity index (χ1v) is 10.0. The Morgan fingerprint density at radius 2 is 1.50 bits per heavy atom. The molecule has 0 spiro atoms. The molecule has 1 aromatic carbocycles. The maximum atomic E-state index is 3.82. The summed E-state index contributed by atoms with van der Waals surface area (Å²) in [6, 6.07) is 10.7. The van der Waals surface area contributed by atoms with Crippen molar-refractivity contribution in [3.05, 3.63) is 30.3 Å². The molecule has 0 saturated heterocycles. The minimum absolute atomic E-state index is 0.660. The van der Waals surface area contributed by atoms with E-state index in [2.05, 4.69) is 53.2 Å². The highest BCUT2D eigenvalue weighted by Gasteiger charge is 2.04. The highest BCUT2D eigenvalue weighted by molar-refractivity contribution is 9.09. The molecule has 0 heterocycles. The Kier molecular flexibility index (Phi) is 11.6. The maximum Gasteiger partial charge on any atom is 0.0239 e. The first-order chi connectivity index (χ1) is 9.83. The third-order valence-electron chi connectivity index (χ3n) is 3.54. The summed E-state index contributed by atoms with van der Waals surface area (Å²) in [5.41, 5.74) is 0. The third kappa shape index (κ3) is 9.88. The van der Waals surface area contributed by atoms with Crippen LogP contribution in [-0.2, 0) is 0 Å². The second kappa shape index (κ2) is 12.8. The zero-order chi connectivity index (χ0) is 14.5. The van der Waals surface area contributed by atoms with Crippen LogP contribution in [0, 0.1) is 0 Å². The van der Waals surface area contributed by atoms with Gasteiger partial charge in [-0.2, -0.15) is 0 Å². The predicted octanol–water partition coefficient (Wildman–Crippen LogP) is 7.07. The summed E-state index contributed by atoms with van der Waals surface area (Å²) >= 11 is 5.78. The minimum atomic E-state index is 0.660. The zero-order valence-corrected chi connectivity index (χ0v) is 15.2. The number of hydrogen-bond acceptors (Lipinski definition) is 1. The van der Waals surface area contributed by atoms with Crippen molar-refractivity contribution in [1.29, 1.82) is 0 Å². The Hall–Kier alpha value is 0.0500. The highest BCUT2D eigenvalue weighted by atomic mass is 79.9. The fourth-order valence-electron chi connectivity index (χ4n) is 2.29. The van der Waals surface area contributed by atoms with Crippen LogP contribution in [0.25, 0.3) is 0 Å². The lowest BCUT2D eigenvalue weighted by atomic mass is 10.1. The quantitative estimate of drug-likeness (QED) is 0.219. The summed E-state index contributed by atoms with van der Waals surface area (Å²) in [4.78, 5) is 2.04. The Bertz CT molecular complexity index is 312. The van der Waals surface area contributed by atoms with Gasteiger partial charge in [-0.1, -0.05) is 92.4 Å². The molecule has 0 nitrogen and oxygen atoms in total. The Labute approximate surface area is 138 Å². The van der Waals surface area contributed by atoms with E-state index in [-0.39, 0.29) is 0 Å². The molecule has 0 radical (unpaired) electrons. The molecule has 0 aliphatic carbocycles. The van der Waals surface area contributed by atoms with Crippen LogP contribution < -0.4 is 0 Å². The summed E-state index contributed by atoms with van der Waals surface area (Å²) < 4.78 is 0. The topological polar surface area (TPSA) is 0 Å². The summed E-state index contributed by atoms with van der Waals surface area (Å²) in [5, 5.41) is 0. The number of halogens is 1. The highest BCUT2D eigenvalue weighted by Crippen LogP contribution is 2.23. The van der Waals surface area contributed by atoms with Crippen molar-refractivity contribution >= 4 is 27.7 Å². The van der Waals surface area contributed by atoms with Gasteiger partial charge in [-0.25, -0.2) is 0 Å². The number of rotatable bonds is 12. The molecule has 0 aliphatic rings. The number of hydrogen-bond donors (Lipinski definition) is 0. The Balaban J connectivity index is 1.91. The molecule has 0 fully saturated rings. The molecule has 1 atom stereocenters. The molecule has 20 heavy (non-hydrogen) atoms. The van der Waals surface area contributed by atoms with Gasteiger partial charge in [-0.05, 0) is 18.6 Å². The summed E-state index contributed by atoms with van der Waals surface area (Å²) in [5.74, 6) is 1.18. The first-order valence-electron chi connectivity index (χ1n) is 8.15. The molecule has 2 heteroatoms. The van der Waals surface area contributed by atoms with Crippen molar-refractivity contribution in [1.82, 2.24) is 0 Å². The molecule has 0 aliphatic heterocycles. The summed E-state index contributed by atoms with van der Waals surface area (Å²) in [7, 11) is 0. The molecule has 0 amide bonds. The molecular weight excluding hydrogens is 328 g/mol. The number of benzene rings is 1. The molecule has 1 aromatic rings. The molecule has 0 N–H and O–H groups in total. The van der Waals surface area contributed by atoms with Gasteiger partial charge in [0.05, 0.1) is 0 Å². The van der Waals surface area contributed by atoms with Gasteiger partial charge in [0.1, 0.15) is 0 Å². The van der Waals surface area contributed by atoms with Crippen molar-refractivity contribution in [2.24, 2.45) is 0 Å². The van der Waals surface area contributed by atoms with Crippen molar-refractivity contribution in [3.63, 3.8) is 0 Å². The average molecular weight is 357 g/mol. The van der Waals surface area contributed by atoms with E-state index in [1.54, 1.807) is 0 Å². The lowest BCUT2D eigenvalue weighted by molar-refractivity contribution is 0.566. The summed E-state index contributed by atoms with van der Waals surface area (Å²) in [6.45, 7) is 2.28.